The number of nitroso groups, excluding NO2 is 1. The Morgan fingerprint density at radius 2 is 1.47 bits per heavy atom. The Morgan fingerprint density at radius 3 is 2.05 bits per heavy atom. The third-order valence-electron chi connectivity index (χ3n) is 10.0. The largest absolute Gasteiger partial charge is 0.344 e. The topological polar surface area (TPSA) is 281 Å². The Bertz CT molecular complexity index is 1930. The summed E-state index contributed by atoms with van der Waals surface area (Å²) in [6.45, 7) is 8.02. The molecule has 6 N–H and O–H groups in total. The van der Waals surface area contributed by atoms with Crippen molar-refractivity contribution in [1.29, 1.82) is 0 Å². The van der Waals surface area contributed by atoms with Gasteiger partial charge in [0.05, 0.1) is 35.6 Å². The van der Waals surface area contributed by atoms with E-state index in [0.29, 0.717) is 23.3 Å². The van der Waals surface area contributed by atoms with Crippen LogP contribution in [0.15, 0.2) is 57.2 Å². The van der Waals surface area contributed by atoms with Crippen molar-refractivity contribution in [2.24, 2.45) is 22.3 Å². The summed E-state index contributed by atoms with van der Waals surface area (Å²) in [5.41, 5.74) is 0.0123. The second kappa shape index (κ2) is 24.1. The van der Waals surface area contributed by atoms with E-state index in [2.05, 4.69) is 41.1 Å². The maximum absolute atomic E-state index is 14.1. The zero-order chi connectivity index (χ0) is 44.4. The van der Waals surface area contributed by atoms with Crippen LogP contribution in [0.25, 0.3) is 0 Å². The molecule has 6 amide bonds. The van der Waals surface area contributed by atoms with E-state index in [0.717, 1.165) is 44.2 Å². The van der Waals surface area contributed by atoms with Crippen LogP contribution in [0.4, 0.5) is 0 Å². The highest BCUT2D eigenvalue weighted by Gasteiger charge is 2.35. The Kier molecular flexibility index (Phi) is 19.7. The van der Waals surface area contributed by atoms with Gasteiger partial charge in [-0.05, 0) is 61.3 Å². The molecule has 2 aromatic rings. The molecule has 1 fully saturated rings. The van der Waals surface area contributed by atoms with Gasteiger partial charge in [0.25, 0.3) is 27.7 Å². The lowest BCUT2D eigenvalue weighted by Gasteiger charge is -2.31. The lowest BCUT2D eigenvalue weighted by molar-refractivity contribution is -0.141. The average molecular weight is 874 g/mol. The molecule has 0 bridgehead atoms. The van der Waals surface area contributed by atoms with Gasteiger partial charge >= 0.3 is 0 Å². The normalized spacial score (nSPS) is 15.6. The SMILES string of the molecule is CCC(NC(=O)[C@H](CC1CCCCC1)NC(=O)[C@@H](NC(=O)[C@H](CC(C)C)NC(=O)c1cnccn1)[C@@H](C)CC)C(=O)C(=O)NCC(=O)NS(=O)(=O)c1ccc(SN=O)cc1. The van der Waals surface area contributed by atoms with Gasteiger partial charge in [0, 0.05) is 21.9 Å². The summed E-state index contributed by atoms with van der Waals surface area (Å²) < 4.78 is 29.7. The quantitative estimate of drug-likeness (QED) is 0.0533. The van der Waals surface area contributed by atoms with Crippen molar-refractivity contribution in [1.82, 2.24) is 41.3 Å². The highest BCUT2D eigenvalue weighted by Crippen LogP contribution is 2.28. The number of nitrogens with zero attached hydrogens (tertiary/aromatic N) is 3. The van der Waals surface area contributed by atoms with Crippen molar-refractivity contribution < 1.29 is 42.0 Å². The zero-order valence-corrected chi connectivity index (χ0v) is 36.0. The van der Waals surface area contributed by atoms with Gasteiger partial charge < -0.3 is 26.6 Å². The molecule has 1 saturated carbocycles. The standard InChI is InChI=1S/C39H55N9O10S2/c1-6-24(5)33(46-36(52)29(19-23(3)4)44-37(53)31-21-40-17-18-41-31)38(54)45-30(20-25-11-9-8-10-12-25)35(51)43-28(7-2)34(50)39(55)42-22-32(49)47-60(57,58)27-15-13-26(14-16-27)59-48-56/h13-18,21,23-25,28-30,33H,6-12,19-20,22H2,1-5H3,(H,42,55)(H,43,51)(H,44,53)(H,45,54)(H,46,52)(H,47,49)/t24-,28?,29-,30-,33-/m0/s1. The molecule has 1 aromatic carbocycles. The summed E-state index contributed by atoms with van der Waals surface area (Å²) in [7, 11) is -4.36. The summed E-state index contributed by atoms with van der Waals surface area (Å²) in [5, 5.41) is 12.9. The van der Waals surface area contributed by atoms with Crippen molar-refractivity contribution in [3.05, 3.63) is 53.5 Å². The maximum Gasteiger partial charge on any atom is 0.290 e. The van der Waals surface area contributed by atoms with Gasteiger partial charge in [-0.1, -0.05) is 73.1 Å². The number of benzene rings is 1. The molecular formula is C39H55N9O10S2. The fourth-order valence-electron chi connectivity index (χ4n) is 6.56. The minimum Gasteiger partial charge on any atom is -0.344 e. The number of carbonyl (C=O) groups is 7. The molecule has 1 unspecified atom stereocenters. The zero-order valence-electron chi connectivity index (χ0n) is 34.4. The molecule has 1 heterocycles. The second-order valence-corrected chi connectivity index (χ2v) is 17.6. The highest BCUT2D eigenvalue weighted by atomic mass is 32.2. The Balaban J connectivity index is 1.72. The van der Waals surface area contributed by atoms with Crippen molar-refractivity contribution >= 4 is 63.2 Å². The van der Waals surface area contributed by atoms with Crippen LogP contribution < -0.4 is 31.3 Å². The van der Waals surface area contributed by atoms with Crippen LogP contribution in [0.1, 0.15) is 103 Å². The van der Waals surface area contributed by atoms with Crippen LogP contribution in [-0.2, 0) is 38.8 Å². The molecule has 3 rings (SSSR count). The number of amides is 6. The van der Waals surface area contributed by atoms with Gasteiger partial charge in [0.2, 0.25) is 23.5 Å². The number of rotatable bonds is 23. The molecule has 21 heteroatoms. The van der Waals surface area contributed by atoms with Crippen LogP contribution in [0.3, 0.4) is 0 Å². The molecule has 1 aromatic heterocycles. The predicted octanol–water partition coefficient (Wildman–Crippen LogP) is 2.47. The highest BCUT2D eigenvalue weighted by molar-refractivity contribution is 7.98. The van der Waals surface area contributed by atoms with Crippen molar-refractivity contribution in [3.8, 4) is 0 Å². The van der Waals surface area contributed by atoms with Crippen molar-refractivity contribution in [3.63, 3.8) is 0 Å². The third kappa shape index (κ3) is 15.4. The van der Waals surface area contributed by atoms with Gasteiger partial charge in [-0.15, -0.1) is 4.91 Å². The number of aromatic nitrogens is 2. The molecular weight excluding hydrogens is 819 g/mol. The Morgan fingerprint density at radius 1 is 0.817 bits per heavy atom. The Hall–Kier alpha value is -5.31. The molecule has 0 aliphatic heterocycles. The first-order valence-electron chi connectivity index (χ1n) is 19.9. The lowest BCUT2D eigenvalue weighted by atomic mass is 9.84. The predicted molar refractivity (Wildman–Crippen MR) is 221 cm³/mol. The first-order chi connectivity index (χ1) is 28.5. The molecule has 60 heavy (non-hydrogen) atoms. The number of carbonyl (C=O) groups excluding carboxylic acids is 7. The molecule has 0 saturated heterocycles. The maximum atomic E-state index is 14.1. The second-order valence-electron chi connectivity index (χ2n) is 15.1. The van der Waals surface area contributed by atoms with Gasteiger partial charge in [0.15, 0.2) is 0 Å². The van der Waals surface area contributed by atoms with E-state index >= 15 is 0 Å². The molecule has 328 valence electrons. The van der Waals surface area contributed by atoms with E-state index in [1.165, 1.54) is 30.7 Å². The Labute approximate surface area is 354 Å². The fourth-order valence-corrected chi connectivity index (χ4v) is 7.88. The van der Waals surface area contributed by atoms with Crippen LogP contribution in [0.5, 0.6) is 0 Å². The number of sulfonamides is 1. The summed E-state index contributed by atoms with van der Waals surface area (Å²) >= 11 is 0.585. The smallest absolute Gasteiger partial charge is 0.290 e. The summed E-state index contributed by atoms with van der Waals surface area (Å²) in [4.78, 5) is 112. The molecule has 0 radical (unpaired) electrons. The minimum absolute atomic E-state index is 0.0123. The summed E-state index contributed by atoms with van der Waals surface area (Å²) in [5.74, 6) is -6.48. The number of hydrogen-bond donors (Lipinski definition) is 6. The van der Waals surface area contributed by atoms with E-state index in [1.807, 2.05) is 20.8 Å². The third-order valence-corrected chi connectivity index (χ3v) is 12.0. The van der Waals surface area contributed by atoms with Crippen LogP contribution in [0.2, 0.25) is 0 Å². The first-order valence-corrected chi connectivity index (χ1v) is 22.2. The number of Topliss-reactive ketones (excluding diaryl/α,β-unsaturated/α-hetero) is 1. The van der Waals surface area contributed by atoms with Crippen molar-refractivity contribution in [2.75, 3.05) is 6.54 Å². The van der Waals surface area contributed by atoms with E-state index in [9.17, 15) is 46.9 Å². The van der Waals surface area contributed by atoms with Crippen molar-refractivity contribution in [2.45, 2.75) is 126 Å². The number of nitrogens with one attached hydrogen (secondary N) is 6. The van der Waals surface area contributed by atoms with Crippen LogP contribution >= 0.6 is 11.9 Å². The minimum atomic E-state index is -4.36. The van der Waals surface area contributed by atoms with E-state index in [1.54, 1.807) is 18.6 Å². The van der Waals surface area contributed by atoms with Gasteiger partial charge in [-0.2, -0.15) is 0 Å². The fraction of sp³-hybridized carbons (Fsp3) is 0.564. The lowest BCUT2D eigenvalue weighted by Crippen LogP contribution is -2.60. The molecule has 0 spiro atoms. The molecule has 1 aliphatic rings. The molecule has 5 atom stereocenters. The number of ketones is 1. The first kappa shape index (κ1) is 49.1. The molecule has 19 nitrogen and oxygen atoms in total. The van der Waals surface area contributed by atoms with Crippen LogP contribution in [-0.4, -0.2) is 90.3 Å². The van der Waals surface area contributed by atoms with Gasteiger partial charge in [-0.25, -0.2) is 18.1 Å². The van der Waals surface area contributed by atoms with E-state index in [-0.39, 0.29) is 41.7 Å². The monoisotopic (exact) mass is 873 g/mol. The van der Waals surface area contributed by atoms with Crippen LogP contribution in [0, 0.1) is 22.7 Å². The van der Waals surface area contributed by atoms with Gasteiger partial charge in [-0.3, -0.25) is 38.5 Å². The van der Waals surface area contributed by atoms with E-state index < -0.39 is 87.9 Å². The average Bonchev–Trinajstić information content (AvgIpc) is 3.23. The number of hydrogen-bond acceptors (Lipinski definition) is 14. The summed E-state index contributed by atoms with van der Waals surface area (Å²) in [6.07, 6.45) is 9.46. The molecule has 1 aliphatic carbocycles. The van der Waals surface area contributed by atoms with Gasteiger partial charge in [0.1, 0.15) is 23.8 Å². The summed E-state index contributed by atoms with van der Waals surface area (Å²) in [6, 6.07) is 0.264. The van der Waals surface area contributed by atoms with E-state index in [4.69, 9.17) is 0 Å².